The van der Waals surface area contributed by atoms with Gasteiger partial charge in [0.2, 0.25) is 10.0 Å². The molecule has 0 aromatic heterocycles. The molecule has 0 saturated heterocycles. The minimum atomic E-state index is -3.56. The zero-order valence-electron chi connectivity index (χ0n) is 11.5. The number of hydrogen-bond acceptors (Lipinski definition) is 4. The molecule has 1 aliphatic rings. The molecule has 1 aromatic carbocycles. The number of aliphatic hydroxyl groups excluding tert-OH is 1. The van der Waals surface area contributed by atoms with Crippen molar-refractivity contribution in [3.8, 4) is 0 Å². The summed E-state index contributed by atoms with van der Waals surface area (Å²) < 4.78 is 26.7. The number of carboxylic acids is 1. The molecule has 21 heavy (non-hydrogen) atoms. The van der Waals surface area contributed by atoms with Crippen LogP contribution in [0.4, 0.5) is 0 Å². The number of rotatable bonds is 5. The van der Waals surface area contributed by atoms with Crippen LogP contribution in [-0.2, 0) is 15.8 Å². The second-order valence-electron chi connectivity index (χ2n) is 5.34. The molecule has 3 N–H and O–H groups in total. The van der Waals surface area contributed by atoms with E-state index in [0.29, 0.717) is 18.4 Å². The second-order valence-corrected chi connectivity index (χ2v) is 7.09. The number of carboxylic acid groups (broad SMARTS) is 1. The summed E-state index contributed by atoms with van der Waals surface area (Å²) in [6, 6.07) is 5.30. The summed E-state index contributed by atoms with van der Waals surface area (Å²) in [5.74, 6) is -1.27. The van der Waals surface area contributed by atoms with Crippen molar-refractivity contribution in [3.63, 3.8) is 0 Å². The van der Waals surface area contributed by atoms with Gasteiger partial charge < -0.3 is 10.2 Å². The van der Waals surface area contributed by atoms with Crippen LogP contribution < -0.4 is 4.72 Å². The highest BCUT2D eigenvalue weighted by molar-refractivity contribution is 7.88. The van der Waals surface area contributed by atoms with Gasteiger partial charge in [0.1, 0.15) is 0 Å². The highest BCUT2D eigenvalue weighted by atomic mass is 32.2. The zero-order valence-corrected chi connectivity index (χ0v) is 12.3. The van der Waals surface area contributed by atoms with Crippen molar-refractivity contribution >= 4 is 16.0 Å². The molecule has 0 amide bonds. The van der Waals surface area contributed by atoms with Gasteiger partial charge in [-0.15, -0.1) is 0 Å². The van der Waals surface area contributed by atoms with Crippen LogP contribution in [0.5, 0.6) is 0 Å². The van der Waals surface area contributed by atoms with Crippen LogP contribution >= 0.6 is 0 Å². The third-order valence-corrected chi connectivity index (χ3v) is 4.99. The van der Waals surface area contributed by atoms with Gasteiger partial charge >= 0.3 is 5.97 Å². The summed E-state index contributed by atoms with van der Waals surface area (Å²) in [6.45, 7) is 0. The lowest BCUT2D eigenvalue weighted by Gasteiger charge is -2.28. The van der Waals surface area contributed by atoms with E-state index >= 15 is 0 Å². The maximum atomic E-state index is 12.1. The molecule has 0 aliphatic heterocycles. The zero-order chi connectivity index (χ0) is 15.5. The summed E-state index contributed by atoms with van der Waals surface area (Å²) in [5, 5.41) is 18.6. The van der Waals surface area contributed by atoms with Crippen molar-refractivity contribution in [2.24, 2.45) is 0 Å². The van der Waals surface area contributed by atoms with E-state index in [1.54, 1.807) is 0 Å². The topological polar surface area (TPSA) is 104 Å². The number of aromatic carboxylic acids is 1. The Morgan fingerprint density at radius 1 is 1.19 bits per heavy atom. The minimum Gasteiger partial charge on any atom is -0.478 e. The van der Waals surface area contributed by atoms with Crippen LogP contribution in [-0.4, -0.2) is 36.7 Å². The van der Waals surface area contributed by atoms with Gasteiger partial charge in [0, 0.05) is 6.04 Å². The third-order valence-electron chi connectivity index (χ3n) is 3.62. The largest absolute Gasteiger partial charge is 0.478 e. The molecule has 0 heterocycles. The lowest BCUT2D eigenvalue weighted by atomic mass is 9.93. The van der Waals surface area contributed by atoms with Crippen molar-refractivity contribution in [1.29, 1.82) is 0 Å². The molecule has 1 aromatic rings. The normalized spacial score (nSPS) is 22.9. The average Bonchev–Trinajstić information content (AvgIpc) is 2.41. The number of hydrogen-bond donors (Lipinski definition) is 3. The van der Waals surface area contributed by atoms with Crippen molar-refractivity contribution in [1.82, 2.24) is 4.72 Å². The third kappa shape index (κ3) is 4.52. The first-order valence-electron chi connectivity index (χ1n) is 6.88. The van der Waals surface area contributed by atoms with Gasteiger partial charge in [0.25, 0.3) is 0 Å². The van der Waals surface area contributed by atoms with Gasteiger partial charge in [0.05, 0.1) is 17.4 Å². The van der Waals surface area contributed by atoms with Crippen molar-refractivity contribution in [2.75, 3.05) is 0 Å². The van der Waals surface area contributed by atoms with Crippen LogP contribution in [0.25, 0.3) is 0 Å². The number of benzene rings is 1. The predicted octanol–water partition coefficient (Wildman–Crippen LogP) is 1.11. The molecule has 1 aliphatic carbocycles. The summed E-state index contributed by atoms with van der Waals surface area (Å²) >= 11 is 0. The molecule has 1 saturated carbocycles. The molecule has 116 valence electrons. The first kappa shape index (κ1) is 15.9. The molecule has 0 unspecified atom stereocenters. The number of carbonyl (C=O) groups is 1. The monoisotopic (exact) mass is 313 g/mol. The fraction of sp³-hybridized carbons (Fsp3) is 0.500. The average molecular weight is 313 g/mol. The van der Waals surface area contributed by atoms with Gasteiger partial charge in [-0.2, -0.15) is 0 Å². The standard InChI is InChI=1S/C14H19NO5S/c16-13-4-2-1-3-12(13)15-21(19,20)9-10-5-7-11(8-6-10)14(17)18/h5-8,12-13,15-16H,1-4,9H2,(H,17,18)/t12-,13-/m0/s1. The molecule has 2 rings (SSSR count). The highest BCUT2D eigenvalue weighted by Gasteiger charge is 2.27. The Labute approximate surface area is 123 Å². The first-order valence-corrected chi connectivity index (χ1v) is 8.53. The Hall–Kier alpha value is -1.44. The van der Waals surface area contributed by atoms with E-state index in [9.17, 15) is 18.3 Å². The van der Waals surface area contributed by atoms with E-state index in [4.69, 9.17) is 5.11 Å². The summed E-state index contributed by atoms with van der Waals surface area (Å²) in [7, 11) is -3.56. The van der Waals surface area contributed by atoms with E-state index in [2.05, 4.69) is 4.72 Å². The maximum absolute atomic E-state index is 12.1. The Morgan fingerprint density at radius 2 is 1.81 bits per heavy atom. The van der Waals surface area contributed by atoms with E-state index in [1.807, 2.05) is 0 Å². The van der Waals surface area contributed by atoms with Gasteiger partial charge in [-0.05, 0) is 30.5 Å². The Bertz CT molecular complexity index is 596. The minimum absolute atomic E-state index is 0.117. The molecule has 0 spiro atoms. The summed E-state index contributed by atoms with van der Waals surface area (Å²) in [5.41, 5.74) is 0.629. The molecular weight excluding hydrogens is 294 g/mol. The molecule has 2 atom stereocenters. The van der Waals surface area contributed by atoms with Crippen molar-refractivity contribution in [3.05, 3.63) is 35.4 Å². The number of nitrogens with one attached hydrogen (secondary N) is 1. The highest BCUT2D eigenvalue weighted by Crippen LogP contribution is 2.19. The SMILES string of the molecule is O=C(O)c1ccc(CS(=O)(=O)N[C@H]2CCCC[C@@H]2O)cc1. The van der Waals surface area contributed by atoms with Gasteiger partial charge in [0.15, 0.2) is 0 Å². The van der Waals surface area contributed by atoms with Crippen molar-refractivity contribution in [2.45, 2.75) is 43.6 Å². The quantitative estimate of drug-likeness (QED) is 0.755. The van der Waals surface area contributed by atoms with Crippen LogP contribution in [0.15, 0.2) is 24.3 Å². The lowest BCUT2D eigenvalue weighted by Crippen LogP contribution is -2.45. The molecule has 0 bridgehead atoms. The molecular formula is C14H19NO5S. The fourth-order valence-electron chi connectivity index (χ4n) is 2.48. The van der Waals surface area contributed by atoms with Gasteiger partial charge in [-0.25, -0.2) is 17.9 Å². The van der Waals surface area contributed by atoms with Crippen LogP contribution in [0, 0.1) is 0 Å². The van der Waals surface area contributed by atoms with E-state index in [1.165, 1.54) is 24.3 Å². The number of aliphatic hydroxyl groups is 1. The molecule has 1 fully saturated rings. The van der Waals surface area contributed by atoms with Crippen LogP contribution in [0.2, 0.25) is 0 Å². The second kappa shape index (κ2) is 6.55. The van der Waals surface area contributed by atoms with Gasteiger partial charge in [-0.3, -0.25) is 0 Å². The first-order chi connectivity index (χ1) is 9.87. The Morgan fingerprint density at radius 3 is 2.38 bits per heavy atom. The van der Waals surface area contributed by atoms with Crippen LogP contribution in [0.1, 0.15) is 41.6 Å². The summed E-state index contributed by atoms with van der Waals surface area (Å²) in [4.78, 5) is 10.7. The lowest BCUT2D eigenvalue weighted by molar-refractivity contribution is 0.0697. The van der Waals surface area contributed by atoms with E-state index in [0.717, 1.165) is 12.8 Å². The number of sulfonamides is 1. The summed E-state index contributed by atoms with van der Waals surface area (Å²) in [6.07, 6.45) is 2.43. The smallest absolute Gasteiger partial charge is 0.335 e. The van der Waals surface area contributed by atoms with E-state index in [-0.39, 0.29) is 11.3 Å². The van der Waals surface area contributed by atoms with Crippen molar-refractivity contribution < 1.29 is 23.4 Å². The maximum Gasteiger partial charge on any atom is 0.335 e. The molecule has 0 radical (unpaired) electrons. The fourth-order valence-corrected chi connectivity index (χ4v) is 3.93. The molecule has 6 nitrogen and oxygen atoms in total. The van der Waals surface area contributed by atoms with Gasteiger partial charge in [-0.1, -0.05) is 25.0 Å². The van der Waals surface area contributed by atoms with E-state index < -0.39 is 28.1 Å². The predicted molar refractivity (Wildman–Crippen MR) is 77.4 cm³/mol. The van der Waals surface area contributed by atoms with Crippen LogP contribution in [0.3, 0.4) is 0 Å². The molecule has 7 heteroatoms. The Kier molecular flexibility index (Phi) is 4.97. The Balaban J connectivity index is 2.01.